The highest BCUT2D eigenvalue weighted by Crippen LogP contribution is 2.14. The van der Waals surface area contributed by atoms with Crippen molar-refractivity contribution in [3.8, 4) is 0 Å². The largest absolute Gasteiger partial charge is 0.325 e. The first kappa shape index (κ1) is 19.9. The van der Waals surface area contributed by atoms with Gasteiger partial charge in [0.2, 0.25) is 15.9 Å². The molecule has 0 spiro atoms. The summed E-state index contributed by atoms with van der Waals surface area (Å²) in [4.78, 5) is 12.3. The summed E-state index contributed by atoms with van der Waals surface area (Å²) in [6.07, 6.45) is 2.16. The van der Waals surface area contributed by atoms with Crippen LogP contribution in [0.3, 0.4) is 0 Å². The van der Waals surface area contributed by atoms with E-state index in [1.165, 1.54) is 10.4 Å². The Labute approximate surface area is 155 Å². The van der Waals surface area contributed by atoms with Crippen LogP contribution in [0.5, 0.6) is 0 Å². The van der Waals surface area contributed by atoms with Gasteiger partial charge in [-0.15, -0.1) is 0 Å². The summed E-state index contributed by atoms with van der Waals surface area (Å²) in [7, 11) is -3.69. The van der Waals surface area contributed by atoms with Crippen molar-refractivity contribution in [2.45, 2.75) is 20.3 Å². The molecule has 5 nitrogen and oxygen atoms in total. The van der Waals surface area contributed by atoms with Gasteiger partial charge in [0.15, 0.2) is 0 Å². The highest BCUT2D eigenvalue weighted by molar-refractivity contribution is 7.92. The molecule has 0 unspecified atom stereocenters. The molecule has 0 heterocycles. The second-order valence-corrected chi connectivity index (χ2v) is 7.77. The Morgan fingerprint density at radius 1 is 1.08 bits per heavy atom. The minimum Gasteiger partial charge on any atom is -0.325 e. The van der Waals surface area contributed by atoms with Crippen LogP contribution in [0, 0.1) is 6.92 Å². The van der Waals surface area contributed by atoms with Gasteiger partial charge in [0.05, 0.1) is 6.54 Å². The number of nitrogens with one attached hydrogen (secondary N) is 1. The first-order valence-corrected chi connectivity index (χ1v) is 10.0. The number of sulfonamides is 1. The summed E-state index contributed by atoms with van der Waals surface area (Å²) in [5.41, 5.74) is 2.40. The minimum absolute atomic E-state index is 0.219. The van der Waals surface area contributed by atoms with Crippen molar-refractivity contribution in [2.24, 2.45) is 0 Å². The minimum atomic E-state index is -3.69. The second kappa shape index (κ2) is 9.31. The first-order valence-electron chi connectivity index (χ1n) is 8.51. The second-order valence-electron chi connectivity index (χ2n) is 5.96. The fraction of sp³-hybridized carbons (Fsp3) is 0.250. The molecule has 1 N–H and O–H groups in total. The Bertz CT molecular complexity index is 862. The third-order valence-corrected chi connectivity index (χ3v) is 5.32. The Hall–Kier alpha value is -2.44. The SMILES string of the molecule is CCCN(CC(=O)Nc1ccccc1C)S(=O)(=O)/C=C/c1ccccc1. The van der Waals surface area contributed by atoms with E-state index in [0.29, 0.717) is 12.1 Å². The summed E-state index contributed by atoms with van der Waals surface area (Å²) in [5, 5.41) is 3.93. The van der Waals surface area contributed by atoms with Crippen LogP contribution < -0.4 is 5.32 Å². The van der Waals surface area contributed by atoms with Gasteiger partial charge >= 0.3 is 0 Å². The third-order valence-electron chi connectivity index (χ3n) is 3.80. The van der Waals surface area contributed by atoms with E-state index in [9.17, 15) is 13.2 Å². The lowest BCUT2D eigenvalue weighted by Gasteiger charge is -2.19. The number of carbonyl (C=O) groups is 1. The summed E-state index contributed by atoms with van der Waals surface area (Å²) in [6.45, 7) is 3.83. The van der Waals surface area contributed by atoms with E-state index in [2.05, 4.69) is 5.32 Å². The summed E-state index contributed by atoms with van der Waals surface area (Å²) < 4.78 is 26.4. The maximum absolute atomic E-state index is 12.6. The third kappa shape index (κ3) is 5.82. The van der Waals surface area contributed by atoms with Gasteiger partial charge in [-0.25, -0.2) is 8.42 Å². The normalized spacial score (nSPS) is 11.8. The average molecular weight is 372 g/mol. The van der Waals surface area contributed by atoms with Crippen molar-refractivity contribution in [1.29, 1.82) is 0 Å². The maximum Gasteiger partial charge on any atom is 0.239 e. The zero-order chi connectivity index (χ0) is 19.0. The van der Waals surface area contributed by atoms with Gasteiger partial charge in [-0.1, -0.05) is 55.5 Å². The summed E-state index contributed by atoms with van der Waals surface area (Å²) >= 11 is 0. The molecule has 2 aromatic rings. The summed E-state index contributed by atoms with van der Waals surface area (Å²) in [5.74, 6) is -0.357. The molecule has 0 saturated heterocycles. The van der Waals surface area contributed by atoms with E-state index >= 15 is 0 Å². The summed E-state index contributed by atoms with van der Waals surface area (Å²) in [6, 6.07) is 16.6. The molecule has 0 aromatic heterocycles. The van der Waals surface area contributed by atoms with E-state index < -0.39 is 10.0 Å². The van der Waals surface area contributed by atoms with Crippen molar-refractivity contribution in [1.82, 2.24) is 4.31 Å². The lowest BCUT2D eigenvalue weighted by atomic mass is 10.2. The van der Waals surface area contributed by atoms with Gasteiger partial charge in [0.1, 0.15) is 0 Å². The Balaban J connectivity index is 2.10. The van der Waals surface area contributed by atoms with Crippen LogP contribution in [-0.4, -0.2) is 31.7 Å². The monoisotopic (exact) mass is 372 g/mol. The van der Waals surface area contributed by atoms with Gasteiger partial charge in [-0.2, -0.15) is 4.31 Å². The van der Waals surface area contributed by atoms with Crippen LogP contribution >= 0.6 is 0 Å². The average Bonchev–Trinajstić information content (AvgIpc) is 2.62. The Morgan fingerprint density at radius 2 is 1.73 bits per heavy atom. The van der Waals surface area contributed by atoms with Crippen LogP contribution in [0.1, 0.15) is 24.5 Å². The number of aryl methyl sites for hydroxylation is 1. The van der Waals surface area contributed by atoms with E-state index in [4.69, 9.17) is 0 Å². The zero-order valence-electron chi connectivity index (χ0n) is 15.1. The molecule has 26 heavy (non-hydrogen) atoms. The molecular weight excluding hydrogens is 348 g/mol. The smallest absolute Gasteiger partial charge is 0.239 e. The van der Waals surface area contributed by atoms with Gasteiger partial charge in [0, 0.05) is 17.6 Å². The van der Waals surface area contributed by atoms with Crippen LogP contribution in [-0.2, 0) is 14.8 Å². The van der Waals surface area contributed by atoms with E-state index in [1.807, 2.05) is 62.4 Å². The number of nitrogens with zero attached hydrogens (tertiary/aromatic N) is 1. The molecule has 0 saturated carbocycles. The van der Waals surface area contributed by atoms with Gasteiger partial charge in [-0.3, -0.25) is 4.79 Å². The molecule has 0 atom stereocenters. The number of anilines is 1. The standard InChI is InChI=1S/C20H24N2O3S/c1-3-14-22(16-20(23)21-19-12-8-7-9-17(19)2)26(24,25)15-13-18-10-5-4-6-11-18/h4-13,15H,3,14,16H2,1-2H3,(H,21,23)/b15-13+. The van der Waals surface area contributed by atoms with Crippen LogP contribution in [0.15, 0.2) is 60.0 Å². The fourth-order valence-corrected chi connectivity index (χ4v) is 3.66. The van der Waals surface area contributed by atoms with Gasteiger partial charge in [0.25, 0.3) is 0 Å². The van der Waals surface area contributed by atoms with Crippen LogP contribution in [0.4, 0.5) is 5.69 Å². The van der Waals surface area contributed by atoms with E-state index in [1.54, 1.807) is 6.07 Å². The van der Waals surface area contributed by atoms with Crippen LogP contribution in [0.2, 0.25) is 0 Å². The molecule has 138 valence electrons. The van der Waals surface area contributed by atoms with Gasteiger partial charge in [-0.05, 0) is 36.6 Å². The number of amides is 1. The van der Waals surface area contributed by atoms with Crippen molar-refractivity contribution in [3.63, 3.8) is 0 Å². The molecule has 6 heteroatoms. The fourth-order valence-electron chi connectivity index (χ4n) is 2.42. The van der Waals surface area contributed by atoms with Crippen molar-refractivity contribution >= 4 is 27.7 Å². The molecule has 2 aromatic carbocycles. The Morgan fingerprint density at radius 3 is 2.38 bits per heavy atom. The number of hydrogen-bond donors (Lipinski definition) is 1. The molecule has 1 amide bonds. The molecule has 0 bridgehead atoms. The van der Waals surface area contributed by atoms with E-state index in [-0.39, 0.29) is 19.0 Å². The Kier molecular flexibility index (Phi) is 7.12. The number of carbonyl (C=O) groups excluding carboxylic acids is 1. The number of hydrogen-bond acceptors (Lipinski definition) is 3. The van der Waals surface area contributed by atoms with E-state index in [0.717, 1.165) is 16.5 Å². The predicted molar refractivity (Wildman–Crippen MR) is 106 cm³/mol. The zero-order valence-corrected chi connectivity index (χ0v) is 15.9. The molecule has 0 aliphatic heterocycles. The maximum atomic E-state index is 12.6. The quantitative estimate of drug-likeness (QED) is 0.769. The lowest BCUT2D eigenvalue weighted by molar-refractivity contribution is -0.116. The van der Waals surface area contributed by atoms with Crippen molar-refractivity contribution < 1.29 is 13.2 Å². The highest BCUT2D eigenvalue weighted by atomic mass is 32.2. The van der Waals surface area contributed by atoms with Crippen molar-refractivity contribution in [3.05, 3.63) is 71.1 Å². The number of benzene rings is 2. The first-order chi connectivity index (χ1) is 12.4. The van der Waals surface area contributed by atoms with Crippen molar-refractivity contribution in [2.75, 3.05) is 18.4 Å². The molecular formula is C20H24N2O3S. The topological polar surface area (TPSA) is 66.5 Å². The van der Waals surface area contributed by atoms with Crippen LogP contribution in [0.25, 0.3) is 6.08 Å². The highest BCUT2D eigenvalue weighted by Gasteiger charge is 2.21. The number of para-hydroxylation sites is 1. The molecule has 0 radical (unpaired) electrons. The molecule has 0 fully saturated rings. The molecule has 2 rings (SSSR count). The lowest BCUT2D eigenvalue weighted by Crippen LogP contribution is -2.37. The number of rotatable bonds is 8. The molecule has 0 aliphatic carbocycles. The predicted octanol–water partition coefficient (Wildman–Crippen LogP) is 3.65. The molecule has 0 aliphatic rings. The van der Waals surface area contributed by atoms with Gasteiger partial charge < -0.3 is 5.32 Å².